The third-order valence-electron chi connectivity index (χ3n) is 5.09. The molecule has 2 aromatic heterocycles. The molecule has 4 rings (SSSR count). The van der Waals surface area contributed by atoms with Crippen molar-refractivity contribution in [3.63, 3.8) is 0 Å². The number of carbonyl (C=O) groups excluding carboxylic acids is 1. The van der Waals surface area contributed by atoms with E-state index in [0.717, 1.165) is 18.9 Å². The fraction of sp³-hybridized carbons (Fsp3) is 0.300. The van der Waals surface area contributed by atoms with Crippen LogP contribution in [0.1, 0.15) is 28.8 Å². The number of hydrogen-bond donors (Lipinski definition) is 1. The molecular formula is C20H19ClF4N4O. The number of aromatic nitrogens is 2. The van der Waals surface area contributed by atoms with E-state index in [1.165, 1.54) is 12.3 Å². The molecule has 10 heteroatoms. The van der Waals surface area contributed by atoms with E-state index < -0.39 is 17.6 Å². The molecule has 0 radical (unpaired) electrons. The number of nitrogens with one attached hydrogen (secondary N) is 1. The van der Waals surface area contributed by atoms with E-state index in [4.69, 9.17) is 0 Å². The molecule has 3 heterocycles. The van der Waals surface area contributed by atoms with Gasteiger partial charge in [0.1, 0.15) is 5.82 Å². The van der Waals surface area contributed by atoms with Crippen LogP contribution in [0.3, 0.4) is 0 Å². The minimum absolute atomic E-state index is 0. The molecule has 3 aromatic rings. The molecule has 1 aliphatic heterocycles. The smallest absolute Gasteiger partial charge is 0.350 e. The first-order chi connectivity index (χ1) is 13.8. The predicted octanol–water partition coefficient (Wildman–Crippen LogP) is 5.13. The zero-order valence-electron chi connectivity index (χ0n) is 16.0. The van der Waals surface area contributed by atoms with Crippen LogP contribution in [0.15, 0.2) is 36.7 Å². The molecule has 0 aliphatic carbocycles. The molecule has 1 amide bonds. The summed E-state index contributed by atoms with van der Waals surface area (Å²) in [6.45, 7) is 1.36. The summed E-state index contributed by atoms with van der Waals surface area (Å²) >= 11 is 0. The number of carbonyl (C=O) groups is 1. The van der Waals surface area contributed by atoms with Crippen molar-refractivity contribution in [2.24, 2.45) is 7.05 Å². The molecule has 0 atom stereocenters. The lowest BCUT2D eigenvalue weighted by Gasteiger charge is -2.17. The van der Waals surface area contributed by atoms with Crippen molar-refractivity contribution in [1.29, 1.82) is 0 Å². The maximum Gasteiger partial charge on any atom is 0.419 e. The fourth-order valence-corrected chi connectivity index (χ4v) is 3.64. The second-order valence-corrected chi connectivity index (χ2v) is 7.00. The maximum atomic E-state index is 14.4. The highest BCUT2D eigenvalue weighted by atomic mass is 35.5. The highest BCUT2D eigenvalue weighted by Crippen LogP contribution is 2.36. The van der Waals surface area contributed by atoms with Crippen LogP contribution in [0.25, 0.3) is 10.9 Å². The number of likely N-dealkylation sites (tertiary alicyclic amines) is 1. The first kappa shape index (κ1) is 21.9. The van der Waals surface area contributed by atoms with Gasteiger partial charge >= 0.3 is 6.18 Å². The van der Waals surface area contributed by atoms with Gasteiger partial charge in [-0.2, -0.15) is 13.2 Å². The topological polar surface area (TPSA) is 50.2 Å². The van der Waals surface area contributed by atoms with E-state index in [1.807, 2.05) is 0 Å². The van der Waals surface area contributed by atoms with Crippen molar-refractivity contribution in [2.75, 3.05) is 18.4 Å². The molecule has 5 nitrogen and oxygen atoms in total. The molecule has 1 aliphatic rings. The van der Waals surface area contributed by atoms with Gasteiger partial charge in [0.2, 0.25) is 0 Å². The number of halogens is 5. The number of rotatable bonds is 3. The second kappa shape index (κ2) is 8.14. The van der Waals surface area contributed by atoms with Crippen LogP contribution in [-0.2, 0) is 13.2 Å². The van der Waals surface area contributed by atoms with Crippen LogP contribution in [0.2, 0.25) is 0 Å². The van der Waals surface area contributed by atoms with Crippen molar-refractivity contribution >= 4 is 40.7 Å². The van der Waals surface area contributed by atoms with Gasteiger partial charge in [-0.05, 0) is 31.0 Å². The number of aryl methyl sites for hydroxylation is 1. The van der Waals surface area contributed by atoms with E-state index in [0.29, 0.717) is 35.6 Å². The fourth-order valence-electron chi connectivity index (χ4n) is 3.64. The number of pyridine rings is 1. The number of anilines is 2. The van der Waals surface area contributed by atoms with E-state index in [9.17, 15) is 22.4 Å². The summed E-state index contributed by atoms with van der Waals surface area (Å²) in [4.78, 5) is 18.8. The Hall–Kier alpha value is -2.81. The summed E-state index contributed by atoms with van der Waals surface area (Å²) in [5.41, 5.74) is -0.694. The van der Waals surface area contributed by atoms with Crippen LogP contribution in [0.5, 0.6) is 0 Å². The van der Waals surface area contributed by atoms with Crippen LogP contribution < -0.4 is 5.32 Å². The lowest BCUT2D eigenvalue weighted by Crippen LogP contribution is -2.28. The predicted molar refractivity (Wildman–Crippen MR) is 108 cm³/mol. The Kier molecular flexibility index (Phi) is 5.94. The monoisotopic (exact) mass is 442 g/mol. The molecule has 0 unspecified atom stereocenters. The van der Waals surface area contributed by atoms with Gasteiger partial charge < -0.3 is 14.8 Å². The minimum Gasteiger partial charge on any atom is -0.350 e. The number of nitrogens with zero attached hydrogens (tertiary/aromatic N) is 3. The number of hydrogen-bond acceptors (Lipinski definition) is 3. The summed E-state index contributed by atoms with van der Waals surface area (Å²) in [5.74, 6) is -1.36. The van der Waals surface area contributed by atoms with Crippen LogP contribution in [-0.4, -0.2) is 33.4 Å². The summed E-state index contributed by atoms with van der Waals surface area (Å²) < 4.78 is 55.1. The highest BCUT2D eigenvalue weighted by Gasteiger charge is 2.35. The van der Waals surface area contributed by atoms with Crippen molar-refractivity contribution in [3.05, 3.63) is 53.6 Å². The average Bonchev–Trinajstić information content (AvgIpc) is 3.33. The lowest BCUT2D eigenvalue weighted by molar-refractivity contribution is -0.139. The highest BCUT2D eigenvalue weighted by molar-refractivity contribution is 6.08. The van der Waals surface area contributed by atoms with Crippen LogP contribution in [0.4, 0.5) is 29.1 Å². The molecule has 1 saturated heterocycles. The molecule has 0 spiro atoms. The van der Waals surface area contributed by atoms with Gasteiger partial charge in [-0.15, -0.1) is 12.4 Å². The molecule has 1 fully saturated rings. The quantitative estimate of drug-likeness (QED) is 0.572. The van der Waals surface area contributed by atoms with Gasteiger partial charge in [-0.1, -0.05) is 6.07 Å². The normalized spacial score (nSPS) is 14.1. The Morgan fingerprint density at radius 3 is 2.53 bits per heavy atom. The van der Waals surface area contributed by atoms with Crippen molar-refractivity contribution in [3.8, 4) is 0 Å². The number of benzene rings is 1. The maximum absolute atomic E-state index is 14.4. The minimum atomic E-state index is -4.80. The molecule has 0 saturated carbocycles. The molecule has 0 bridgehead atoms. The van der Waals surface area contributed by atoms with Crippen LogP contribution in [0, 0.1) is 5.82 Å². The second-order valence-electron chi connectivity index (χ2n) is 7.00. The van der Waals surface area contributed by atoms with Gasteiger partial charge in [0.05, 0.1) is 22.3 Å². The Labute approximate surface area is 176 Å². The van der Waals surface area contributed by atoms with Gasteiger partial charge in [0.25, 0.3) is 5.91 Å². The average molecular weight is 443 g/mol. The van der Waals surface area contributed by atoms with Crippen molar-refractivity contribution in [2.45, 2.75) is 19.0 Å². The van der Waals surface area contributed by atoms with Crippen molar-refractivity contribution < 1.29 is 22.4 Å². The van der Waals surface area contributed by atoms with Gasteiger partial charge in [-0.25, -0.2) is 9.37 Å². The first-order valence-electron chi connectivity index (χ1n) is 9.13. The molecule has 1 N–H and O–H groups in total. The van der Waals surface area contributed by atoms with E-state index in [-0.39, 0.29) is 29.8 Å². The molecule has 160 valence electrons. The number of amides is 1. The van der Waals surface area contributed by atoms with Gasteiger partial charge in [0.15, 0.2) is 5.82 Å². The number of alkyl halides is 3. The van der Waals surface area contributed by atoms with Crippen molar-refractivity contribution in [1.82, 2.24) is 14.5 Å². The Morgan fingerprint density at radius 1 is 1.17 bits per heavy atom. The van der Waals surface area contributed by atoms with E-state index >= 15 is 0 Å². The molecule has 1 aromatic carbocycles. The standard InChI is InChI=1S/C20H18F4N4O.ClH/c1-27-10-7-12-17(27)13(19(29)28-8-2-3-9-28)11-25-18(12)26-15-6-4-5-14(16(15)21)20(22,23)24;/h4-7,10-11H,2-3,8-9H2,1H3,(H,25,26);1H. The third kappa shape index (κ3) is 3.81. The summed E-state index contributed by atoms with van der Waals surface area (Å²) in [7, 11) is 1.76. The zero-order valence-corrected chi connectivity index (χ0v) is 16.8. The Balaban J connectivity index is 0.00000256. The van der Waals surface area contributed by atoms with Gasteiger partial charge in [-0.3, -0.25) is 4.79 Å². The third-order valence-corrected chi connectivity index (χ3v) is 5.09. The summed E-state index contributed by atoms with van der Waals surface area (Å²) in [6.07, 6.45) is 0.203. The summed E-state index contributed by atoms with van der Waals surface area (Å²) in [6, 6.07) is 4.72. The zero-order chi connectivity index (χ0) is 20.8. The SMILES string of the molecule is Cl.Cn1ccc2c(Nc3cccc(C(F)(F)F)c3F)ncc(C(=O)N3CCCC3)c21. The molecule has 30 heavy (non-hydrogen) atoms. The Morgan fingerprint density at radius 2 is 1.87 bits per heavy atom. The summed E-state index contributed by atoms with van der Waals surface area (Å²) in [5, 5.41) is 3.17. The Bertz CT molecular complexity index is 1090. The van der Waals surface area contributed by atoms with Crippen LogP contribution >= 0.6 is 12.4 Å². The van der Waals surface area contributed by atoms with E-state index in [1.54, 1.807) is 28.8 Å². The largest absolute Gasteiger partial charge is 0.419 e. The molecular weight excluding hydrogens is 424 g/mol. The number of fused-ring (bicyclic) bond motifs is 1. The first-order valence-corrected chi connectivity index (χ1v) is 9.13. The van der Waals surface area contributed by atoms with Gasteiger partial charge in [0, 0.05) is 37.9 Å². The lowest BCUT2D eigenvalue weighted by atomic mass is 10.1. The van der Waals surface area contributed by atoms with E-state index in [2.05, 4.69) is 10.3 Å².